The summed E-state index contributed by atoms with van der Waals surface area (Å²) < 4.78 is 6.39. The number of hydrogen-bond acceptors (Lipinski definition) is 3. The standard InChI is InChI=1S/C6H9N3O2/c1-7-6(10)11-5-3-8-4-9(5)2/h3-4H,1-2H3,(H,7,10). The number of hydrogen-bond donors (Lipinski definition) is 1. The number of amides is 1. The Morgan fingerprint density at radius 2 is 2.55 bits per heavy atom. The van der Waals surface area contributed by atoms with Crippen molar-refractivity contribution in [2.24, 2.45) is 7.05 Å². The van der Waals surface area contributed by atoms with Crippen LogP contribution in [0.25, 0.3) is 0 Å². The van der Waals surface area contributed by atoms with E-state index in [-0.39, 0.29) is 0 Å². The van der Waals surface area contributed by atoms with E-state index in [1.807, 2.05) is 0 Å². The molecule has 0 aliphatic carbocycles. The van der Waals surface area contributed by atoms with E-state index in [0.717, 1.165) is 0 Å². The molecule has 0 atom stereocenters. The van der Waals surface area contributed by atoms with E-state index in [4.69, 9.17) is 4.74 Å². The summed E-state index contributed by atoms with van der Waals surface area (Å²) in [5.74, 6) is 0.421. The van der Waals surface area contributed by atoms with E-state index in [9.17, 15) is 4.79 Å². The Morgan fingerprint density at radius 1 is 1.82 bits per heavy atom. The molecule has 1 aromatic rings. The van der Waals surface area contributed by atoms with Gasteiger partial charge in [-0.3, -0.25) is 0 Å². The van der Waals surface area contributed by atoms with Gasteiger partial charge in [0.1, 0.15) is 0 Å². The lowest BCUT2D eigenvalue weighted by Gasteiger charge is -2.01. The molecule has 0 aromatic carbocycles. The molecule has 0 fully saturated rings. The quantitative estimate of drug-likeness (QED) is 0.627. The summed E-state index contributed by atoms with van der Waals surface area (Å²) in [6.07, 6.45) is 2.53. The summed E-state index contributed by atoms with van der Waals surface area (Å²) in [5, 5.41) is 2.33. The van der Waals surface area contributed by atoms with E-state index in [1.165, 1.54) is 13.2 Å². The first-order valence-corrected chi connectivity index (χ1v) is 3.10. The van der Waals surface area contributed by atoms with Crippen molar-refractivity contribution < 1.29 is 9.53 Å². The Morgan fingerprint density at radius 3 is 3.00 bits per heavy atom. The first kappa shape index (κ1) is 7.59. The fourth-order valence-electron chi connectivity index (χ4n) is 0.589. The molecule has 1 N–H and O–H groups in total. The molecule has 0 bridgehead atoms. The highest BCUT2D eigenvalue weighted by atomic mass is 16.6. The fraction of sp³-hybridized carbons (Fsp3) is 0.333. The largest absolute Gasteiger partial charge is 0.413 e. The molecule has 5 nitrogen and oxygen atoms in total. The van der Waals surface area contributed by atoms with Gasteiger partial charge in [-0.05, 0) is 0 Å². The van der Waals surface area contributed by atoms with Crippen molar-refractivity contribution in [2.45, 2.75) is 0 Å². The van der Waals surface area contributed by atoms with Crippen LogP contribution in [0.5, 0.6) is 5.88 Å². The SMILES string of the molecule is CNC(=O)Oc1cncn1C. The zero-order valence-corrected chi connectivity index (χ0v) is 6.37. The Labute approximate surface area is 64.0 Å². The van der Waals surface area contributed by atoms with E-state index in [0.29, 0.717) is 5.88 Å². The van der Waals surface area contributed by atoms with Crippen molar-refractivity contribution in [2.75, 3.05) is 7.05 Å². The highest BCUT2D eigenvalue weighted by Gasteiger charge is 2.03. The number of nitrogens with one attached hydrogen (secondary N) is 1. The van der Waals surface area contributed by atoms with Crippen LogP contribution in [0, 0.1) is 0 Å². The summed E-state index contributed by atoms with van der Waals surface area (Å²) in [4.78, 5) is 14.4. The normalized spacial score (nSPS) is 9.27. The molecule has 1 amide bonds. The van der Waals surface area contributed by atoms with E-state index in [2.05, 4.69) is 10.3 Å². The monoisotopic (exact) mass is 155 g/mol. The van der Waals surface area contributed by atoms with Crippen LogP contribution < -0.4 is 10.1 Å². The zero-order chi connectivity index (χ0) is 8.27. The zero-order valence-electron chi connectivity index (χ0n) is 6.37. The van der Waals surface area contributed by atoms with Crippen molar-refractivity contribution in [1.29, 1.82) is 0 Å². The third-order valence-electron chi connectivity index (χ3n) is 1.17. The highest BCUT2D eigenvalue weighted by molar-refractivity contribution is 5.69. The van der Waals surface area contributed by atoms with Crippen LogP contribution in [-0.2, 0) is 7.05 Å². The van der Waals surface area contributed by atoms with Crippen LogP contribution >= 0.6 is 0 Å². The smallest absolute Gasteiger partial charge is 0.391 e. The predicted octanol–water partition coefficient (Wildman–Crippen LogP) is 0.138. The van der Waals surface area contributed by atoms with Gasteiger partial charge in [-0.2, -0.15) is 0 Å². The van der Waals surface area contributed by atoms with Gasteiger partial charge in [0, 0.05) is 14.1 Å². The molecule has 60 valence electrons. The molecule has 1 aromatic heterocycles. The predicted molar refractivity (Wildman–Crippen MR) is 38.3 cm³/mol. The summed E-state index contributed by atoms with van der Waals surface area (Å²) in [7, 11) is 3.24. The molecule has 11 heavy (non-hydrogen) atoms. The highest BCUT2D eigenvalue weighted by Crippen LogP contribution is 2.05. The average Bonchev–Trinajstić information content (AvgIpc) is 2.37. The molecule has 0 unspecified atom stereocenters. The van der Waals surface area contributed by atoms with Crippen LogP contribution in [0.4, 0.5) is 4.79 Å². The number of imidazole rings is 1. The average molecular weight is 155 g/mol. The maximum absolute atomic E-state index is 10.7. The molecule has 0 aliphatic heterocycles. The third-order valence-corrected chi connectivity index (χ3v) is 1.17. The lowest BCUT2D eigenvalue weighted by Crippen LogP contribution is -2.22. The Balaban J connectivity index is 2.64. The first-order valence-electron chi connectivity index (χ1n) is 3.10. The van der Waals surface area contributed by atoms with Crippen molar-refractivity contribution in [1.82, 2.24) is 14.9 Å². The second-order valence-corrected chi connectivity index (χ2v) is 1.98. The molecule has 0 aliphatic rings. The minimum atomic E-state index is -0.492. The number of carbonyl (C=O) groups is 1. The third kappa shape index (κ3) is 1.70. The molecule has 0 saturated carbocycles. The molecule has 0 saturated heterocycles. The Hall–Kier alpha value is -1.52. The molecule has 1 heterocycles. The van der Waals surface area contributed by atoms with Gasteiger partial charge < -0.3 is 14.6 Å². The summed E-state index contributed by atoms with van der Waals surface area (Å²) in [6, 6.07) is 0. The molecular weight excluding hydrogens is 146 g/mol. The lowest BCUT2D eigenvalue weighted by molar-refractivity contribution is 0.199. The van der Waals surface area contributed by atoms with Crippen LogP contribution in [0.2, 0.25) is 0 Å². The fourth-order valence-corrected chi connectivity index (χ4v) is 0.589. The van der Waals surface area contributed by atoms with Gasteiger partial charge in [0.15, 0.2) is 0 Å². The van der Waals surface area contributed by atoms with Gasteiger partial charge in [-0.15, -0.1) is 0 Å². The van der Waals surface area contributed by atoms with Crippen molar-refractivity contribution in [3.63, 3.8) is 0 Å². The molecule has 0 radical (unpaired) electrons. The molecule has 5 heteroatoms. The number of carbonyl (C=O) groups excluding carboxylic acids is 1. The van der Waals surface area contributed by atoms with Crippen molar-refractivity contribution in [3.05, 3.63) is 12.5 Å². The lowest BCUT2D eigenvalue weighted by atomic mass is 10.8. The van der Waals surface area contributed by atoms with Crippen molar-refractivity contribution >= 4 is 6.09 Å². The molecule has 0 spiro atoms. The van der Waals surface area contributed by atoms with Gasteiger partial charge >= 0.3 is 6.09 Å². The number of aromatic nitrogens is 2. The van der Waals surface area contributed by atoms with Crippen molar-refractivity contribution in [3.8, 4) is 5.88 Å². The van der Waals surface area contributed by atoms with Gasteiger partial charge in [0.05, 0.1) is 12.5 Å². The summed E-state index contributed by atoms with van der Waals surface area (Å²) >= 11 is 0. The van der Waals surface area contributed by atoms with Gasteiger partial charge in [0.25, 0.3) is 0 Å². The topological polar surface area (TPSA) is 56.1 Å². The number of ether oxygens (including phenoxy) is 1. The van der Waals surface area contributed by atoms with E-state index in [1.54, 1.807) is 17.9 Å². The minimum Gasteiger partial charge on any atom is -0.391 e. The Kier molecular flexibility index (Phi) is 2.10. The maximum Gasteiger partial charge on any atom is 0.413 e. The number of rotatable bonds is 1. The number of aryl methyl sites for hydroxylation is 1. The van der Waals surface area contributed by atoms with E-state index >= 15 is 0 Å². The summed E-state index contributed by atoms with van der Waals surface area (Å²) in [5.41, 5.74) is 0. The van der Waals surface area contributed by atoms with Crippen LogP contribution in [0.3, 0.4) is 0 Å². The second-order valence-electron chi connectivity index (χ2n) is 1.98. The summed E-state index contributed by atoms with van der Waals surface area (Å²) in [6.45, 7) is 0. The Bertz CT molecular complexity index is 256. The van der Waals surface area contributed by atoms with Crippen LogP contribution in [0.1, 0.15) is 0 Å². The maximum atomic E-state index is 10.7. The van der Waals surface area contributed by atoms with Gasteiger partial charge in [0.2, 0.25) is 5.88 Å². The van der Waals surface area contributed by atoms with Gasteiger partial charge in [-0.1, -0.05) is 0 Å². The number of nitrogens with zero attached hydrogens (tertiary/aromatic N) is 2. The molecular formula is C6H9N3O2. The second kappa shape index (κ2) is 3.05. The minimum absolute atomic E-state index is 0.421. The first-order chi connectivity index (χ1) is 5.24. The molecule has 1 rings (SSSR count). The van der Waals surface area contributed by atoms with Gasteiger partial charge in [-0.25, -0.2) is 9.78 Å². The van der Waals surface area contributed by atoms with Crippen LogP contribution in [-0.4, -0.2) is 22.7 Å². The van der Waals surface area contributed by atoms with E-state index < -0.39 is 6.09 Å². The van der Waals surface area contributed by atoms with Crippen LogP contribution in [0.15, 0.2) is 12.5 Å².